The van der Waals surface area contributed by atoms with Crippen LogP contribution in [-0.2, 0) is 23.8 Å². The van der Waals surface area contributed by atoms with Crippen LogP contribution < -0.4 is 5.43 Å². The van der Waals surface area contributed by atoms with E-state index in [0.29, 0.717) is 39.6 Å². The van der Waals surface area contributed by atoms with Crippen molar-refractivity contribution < 1.29 is 29.2 Å². The van der Waals surface area contributed by atoms with Gasteiger partial charge in [-0.3, -0.25) is 14.5 Å². The third-order valence-electron chi connectivity index (χ3n) is 3.13. The molecule has 0 radical (unpaired) electrons. The molecule has 0 bridgehead atoms. The van der Waals surface area contributed by atoms with Crippen molar-refractivity contribution in [3.05, 3.63) is 24.0 Å². The second-order valence-corrected chi connectivity index (χ2v) is 4.77. The zero-order valence-electron chi connectivity index (χ0n) is 12.8. The SMILES string of the molecule is O=C1C=CC(=O)N1CCOCCOCCOCCC1=C[NH2+]N=N1. The first-order valence-electron chi connectivity index (χ1n) is 7.47. The smallest absolute Gasteiger partial charge is 0.253 e. The molecule has 0 unspecified atom stereocenters. The van der Waals surface area contributed by atoms with Gasteiger partial charge in [-0.1, -0.05) is 5.11 Å². The first-order chi connectivity index (χ1) is 11.3. The summed E-state index contributed by atoms with van der Waals surface area (Å²) in [5.74, 6) is -0.584. The summed E-state index contributed by atoms with van der Waals surface area (Å²) in [5, 5.41) is 7.63. The third-order valence-corrected chi connectivity index (χ3v) is 3.13. The zero-order valence-corrected chi connectivity index (χ0v) is 12.8. The van der Waals surface area contributed by atoms with Gasteiger partial charge >= 0.3 is 0 Å². The predicted octanol–water partition coefficient (Wildman–Crippen LogP) is -0.863. The molecular formula is C14H21N4O5+. The molecular weight excluding hydrogens is 304 g/mol. The number of carbonyl (C=O) groups is 2. The van der Waals surface area contributed by atoms with Crippen LogP contribution in [0.25, 0.3) is 0 Å². The normalized spacial score (nSPS) is 16.7. The van der Waals surface area contributed by atoms with Gasteiger partial charge < -0.3 is 14.2 Å². The lowest BCUT2D eigenvalue weighted by Gasteiger charge is -2.13. The Kier molecular flexibility index (Phi) is 7.54. The Bertz CT molecular complexity index is 485. The van der Waals surface area contributed by atoms with Gasteiger partial charge in [0.1, 0.15) is 11.9 Å². The number of hydrogen-bond donors (Lipinski definition) is 1. The minimum Gasteiger partial charge on any atom is -0.379 e. The van der Waals surface area contributed by atoms with Gasteiger partial charge in [0.2, 0.25) is 0 Å². The van der Waals surface area contributed by atoms with Crippen LogP contribution in [-0.4, -0.2) is 62.9 Å². The Hall–Kier alpha value is -1.94. The van der Waals surface area contributed by atoms with E-state index in [1.807, 2.05) is 6.20 Å². The Morgan fingerprint density at radius 1 is 0.913 bits per heavy atom. The van der Waals surface area contributed by atoms with Crippen LogP contribution in [0.2, 0.25) is 0 Å². The molecule has 9 heteroatoms. The van der Waals surface area contributed by atoms with Gasteiger partial charge in [0.15, 0.2) is 0 Å². The molecule has 2 aliphatic heterocycles. The number of ether oxygens (including phenoxy) is 3. The average Bonchev–Trinajstić information content (AvgIpc) is 3.17. The fourth-order valence-corrected chi connectivity index (χ4v) is 1.92. The first-order valence-corrected chi connectivity index (χ1v) is 7.47. The summed E-state index contributed by atoms with van der Waals surface area (Å²) in [6.45, 7) is 3.01. The van der Waals surface area contributed by atoms with Gasteiger partial charge in [-0.05, 0) is 0 Å². The molecule has 0 spiro atoms. The quantitative estimate of drug-likeness (QED) is 0.285. The fourth-order valence-electron chi connectivity index (χ4n) is 1.92. The Balaban J connectivity index is 1.34. The largest absolute Gasteiger partial charge is 0.379 e. The topological polar surface area (TPSA) is 106 Å². The molecule has 0 aromatic rings. The molecule has 2 rings (SSSR count). The molecule has 23 heavy (non-hydrogen) atoms. The lowest BCUT2D eigenvalue weighted by Crippen LogP contribution is -2.69. The van der Waals surface area contributed by atoms with E-state index in [9.17, 15) is 9.59 Å². The van der Waals surface area contributed by atoms with Gasteiger partial charge in [-0.15, -0.1) is 0 Å². The van der Waals surface area contributed by atoms with Crippen molar-refractivity contribution in [2.24, 2.45) is 10.3 Å². The maximum Gasteiger partial charge on any atom is 0.253 e. The van der Waals surface area contributed by atoms with Crippen molar-refractivity contribution >= 4 is 11.8 Å². The number of quaternary nitrogens is 1. The summed E-state index contributed by atoms with van der Waals surface area (Å²) in [7, 11) is 0. The molecule has 0 atom stereocenters. The van der Waals surface area contributed by atoms with Crippen LogP contribution in [0.15, 0.2) is 34.4 Å². The highest BCUT2D eigenvalue weighted by Crippen LogP contribution is 2.03. The maximum atomic E-state index is 11.3. The first kappa shape index (κ1) is 17.4. The van der Waals surface area contributed by atoms with E-state index in [-0.39, 0.29) is 18.4 Å². The van der Waals surface area contributed by atoms with Gasteiger partial charge in [0, 0.05) is 23.8 Å². The van der Waals surface area contributed by atoms with Crippen molar-refractivity contribution in [1.29, 1.82) is 0 Å². The lowest BCUT2D eigenvalue weighted by atomic mass is 10.3. The lowest BCUT2D eigenvalue weighted by molar-refractivity contribution is -0.595. The second-order valence-electron chi connectivity index (χ2n) is 4.77. The number of nitrogens with two attached hydrogens (primary N) is 1. The van der Waals surface area contributed by atoms with E-state index in [2.05, 4.69) is 10.3 Å². The molecule has 0 saturated heterocycles. The molecule has 2 aliphatic rings. The van der Waals surface area contributed by atoms with Crippen LogP contribution in [0, 0.1) is 0 Å². The molecule has 0 aromatic heterocycles. The van der Waals surface area contributed by atoms with E-state index in [0.717, 1.165) is 17.0 Å². The molecule has 2 heterocycles. The van der Waals surface area contributed by atoms with Crippen LogP contribution in [0.5, 0.6) is 0 Å². The molecule has 9 nitrogen and oxygen atoms in total. The molecule has 2 N–H and O–H groups in total. The Morgan fingerprint density at radius 2 is 1.52 bits per heavy atom. The summed E-state index contributed by atoms with van der Waals surface area (Å²) in [5.41, 5.74) is 2.58. The number of rotatable bonds is 12. The highest BCUT2D eigenvalue weighted by atomic mass is 16.5. The van der Waals surface area contributed by atoms with Gasteiger partial charge in [-0.25, -0.2) is 0 Å². The number of carbonyl (C=O) groups excluding carboxylic acids is 2. The van der Waals surface area contributed by atoms with Gasteiger partial charge in [0.25, 0.3) is 11.8 Å². The van der Waals surface area contributed by atoms with Gasteiger partial charge in [0.05, 0.1) is 46.2 Å². The predicted molar refractivity (Wildman–Crippen MR) is 77.8 cm³/mol. The summed E-state index contributed by atoms with van der Waals surface area (Å²) >= 11 is 0. The minimum atomic E-state index is -0.292. The number of amides is 2. The number of hydrogen-bond acceptors (Lipinski definition) is 7. The Morgan fingerprint density at radius 3 is 2.13 bits per heavy atom. The van der Waals surface area contributed by atoms with E-state index in [1.54, 1.807) is 5.43 Å². The van der Waals surface area contributed by atoms with Crippen LogP contribution in [0.3, 0.4) is 0 Å². The molecule has 0 aromatic carbocycles. The molecule has 126 valence electrons. The maximum absolute atomic E-state index is 11.3. The van der Waals surface area contributed by atoms with Crippen molar-refractivity contribution in [3.63, 3.8) is 0 Å². The fraction of sp³-hybridized carbons (Fsp3) is 0.571. The minimum absolute atomic E-state index is 0.262. The number of imide groups is 1. The summed E-state index contributed by atoms with van der Waals surface area (Å²) in [6.07, 6.45) is 5.12. The highest BCUT2D eigenvalue weighted by molar-refractivity contribution is 6.12. The van der Waals surface area contributed by atoms with Crippen molar-refractivity contribution in [2.75, 3.05) is 46.2 Å². The summed E-state index contributed by atoms with van der Waals surface area (Å²) in [6, 6.07) is 0. The molecule has 0 aliphatic carbocycles. The van der Waals surface area contributed by atoms with Gasteiger partial charge in [-0.2, -0.15) is 5.43 Å². The van der Waals surface area contributed by atoms with Crippen molar-refractivity contribution in [1.82, 2.24) is 4.90 Å². The van der Waals surface area contributed by atoms with E-state index < -0.39 is 0 Å². The van der Waals surface area contributed by atoms with Crippen LogP contribution in [0.4, 0.5) is 0 Å². The third kappa shape index (κ3) is 6.37. The molecule has 0 fully saturated rings. The standard InChI is InChI=1S/C14H20N4O5/c19-13-1-2-14(20)18(13)4-6-22-8-10-23-9-7-21-5-3-12-11-15-17-16-12/h1-2,11H,3-10H2,(H,15,16,17)/p+1. The molecule has 2 amide bonds. The monoisotopic (exact) mass is 325 g/mol. The van der Waals surface area contributed by atoms with Crippen LogP contribution in [0.1, 0.15) is 6.42 Å². The van der Waals surface area contributed by atoms with E-state index in [4.69, 9.17) is 14.2 Å². The second kappa shape index (κ2) is 9.95. The Labute approximate surface area is 133 Å². The highest BCUT2D eigenvalue weighted by Gasteiger charge is 2.22. The van der Waals surface area contributed by atoms with E-state index >= 15 is 0 Å². The van der Waals surface area contributed by atoms with Crippen LogP contribution >= 0.6 is 0 Å². The van der Waals surface area contributed by atoms with Crippen molar-refractivity contribution in [2.45, 2.75) is 6.42 Å². The molecule has 0 saturated carbocycles. The van der Waals surface area contributed by atoms with Crippen molar-refractivity contribution in [3.8, 4) is 0 Å². The summed E-state index contributed by atoms with van der Waals surface area (Å²) < 4.78 is 16.1. The zero-order chi connectivity index (χ0) is 16.3. The van der Waals surface area contributed by atoms with E-state index in [1.165, 1.54) is 12.2 Å². The number of nitrogens with zero attached hydrogens (tertiary/aromatic N) is 3. The summed E-state index contributed by atoms with van der Waals surface area (Å²) in [4.78, 5) is 23.7. The average molecular weight is 325 g/mol.